The molecule has 108 valence electrons. The van der Waals surface area contributed by atoms with Gasteiger partial charge >= 0.3 is 0 Å². The largest absolute Gasteiger partial charge is 0.395 e. The molecule has 0 bridgehead atoms. The second kappa shape index (κ2) is 7.59. The van der Waals surface area contributed by atoms with Gasteiger partial charge in [-0.2, -0.15) is 0 Å². The molecule has 0 aliphatic heterocycles. The third kappa shape index (κ3) is 5.79. The predicted octanol–water partition coefficient (Wildman–Crippen LogP) is -1.17. The predicted molar refractivity (Wildman–Crippen MR) is 73.1 cm³/mol. The van der Waals surface area contributed by atoms with Gasteiger partial charge in [-0.3, -0.25) is 4.79 Å². The monoisotopic (exact) mass is 297 g/mol. The number of aliphatic hydroxyl groups excluding tert-OH is 1. The number of primary sulfonamides is 1. The average molecular weight is 297 g/mol. The van der Waals surface area contributed by atoms with E-state index >= 15 is 0 Å². The molecule has 0 aliphatic rings. The Hall–Kier alpha value is -1.95. The number of nitrogens with zero attached hydrogens (tertiary/aromatic N) is 1. The van der Waals surface area contributed by atoms with E-state index in [1.165, 1.54) is 6.20 Å². The summed E-state index contributed by atoms with van der Waals surface area (Å²) in [5.74, 6) is 4.54. The summed E-state index contributed by atoms with van der Waals surface area (Å²) in [6, 6.07) is 3.25. The van der Waals surface area contributed by atoms with Crippen molar-refractivity contribution in [2.24, 2.45) is 5.14 Å². The van der Waals surface area contributed by atoms with Crippen LogP contribution < -0.4 is 10.5 Å². The van der Waals surface area contributed by atoms with Gasteiger partial charge in [0.25, 0.3) is 5.91 Å². The lowest BCUT2D eigenvalue weighted by Crippen LogP contribution is -2.32. The normalized spacial score (nSPS) is 10.5. The molecule has 0 radical (unpaired) electrons. The fourth-order valence-corrected chi connectivity index (χ4v) is 1.68. The van der Waals surface area contributed by atoms with Crippen LogP contribution in [0.25, 0.3) is 0 Å². The zero-order valence-corrected chi connectivity index (χ0v) is 11.5. The van der Waals surface area contributed by atoms with Crippen LogP contribution in [0.5, 0.6) is 0 Å². The highest BCUT2D eigenvalue weighted by molar-refractivity contribution is 7.89. The third-order valence-corrected chi connectivity index (χ3v) is 2.93. The summed E-state index contributed by atoms with van der Waals surface area (Å²) in [6.45, 7) is -0.166. The van der Waals surface area contributed by atoms with E-state index < -0.39 is 15.9 Å². The molecule has 1 aromatic heterocycles. The summed E-state index contributed by atoms with van der Waals surface area (Å²) < 4.78 is 21.5. The zero-order chi connectivity index (χ0) is 15.0. The molecular weight excluding hydrogens is 282 g/mol. The molecule has 8 heteroatoms. The first kappa shape index (κ1) is 16.1. The van der Waals surface area contributed by atoms with Gasteiger partial charge in [-0.05, 0) is 12.1 Å². The van der Waals surface area contributed by atoms with Gasteiger partial charge in [-0.25, -0.2) is 18.5 Å². The second-order valence-electron chi connectivity index (χ2n) is 3.80. The highest BCUT2D eigenvalue weighted by Gasteiger charge is 2.12. The van der Waals surface area contributed by atoms with Gasteiger partial charge in [0.1, 0.15) is 5.69 Å². The van der Waals surface area contributed by atoms with Crippen LogP contribution in [-0.2, 0) is 10.0 Å². The van der Waals surface area contributed by atoms with E-state index in [2.05, 4.69) is 22.1 Å². The first-order valence-corrected chi connectivity index (χ1v) is 7.49. The van der Waals surface area contributed by atoms with Crippen molar-refractivity contribution in [1.29, 1.82) is 0 Å². The number of pyridine rings is 1. The smallest absolute Gasteiger partial charge is 0.271 e. The van der Waals surface area contributed by atoms with E-state index in [0.717, 1.165) is 0 Å². The van der Waals surface area contributed by atoms with E-state index in [9.17, 15) is 13.2 Å². The Balaban J connectivity index is 2.76. The van der Waals surface area contributed by atoms with Crippen molar-refractivity contribution < 1.29 is 18.3 Å². The number of carbonyl (C=O) groups excluding carboxylic acids is 1. The van der Waals surface area contributed by atoms with Crippen LogP contribution in [0, 0.1) is 11.8 Å². The minimum Gasteiger partial charge on any atom is -0.395 e. The Morgan fingerprint density at radius 2 is 2.25 bits per heavy atom. The maximum atomic E-state index is 11.9. The molecule has 1 heterocycles. The average Bonchev–Trinajstić information content (AvgIpc) is 2.38. The van der Waals surface area contributed by atoms with E-state index in [1.54, 1.807) is 12.1 Å². The van der Waals surface area contributed by atoms with E-state index in [1.807, 2.05) is 0 Å². The molecule has 20 heavy (non-hydrogen) atoms. The first-order chi connectivity index (χ1) is 9.44. The van der Waals surface area contributed by atoms with Gasteiger partial charge in [-0.1, -0.05) is 11.8 Å². The third-order valence-electron chi connectivity index (χ3n) is 2.15. The molecule has 0 spiro atoms. The molecule has 7 nitrogen and oxygen atoms in total. The van der Waals surface area contributed by atoms with Crippen molar-refractivity contribution in [2.45, 2.75) is 6.42 Å². The maximum Gasteiger partial charge on any atom is 0.271 e. The van der Waals surface area contributed by atoms with Gasteiger partial charge < -0.3 is 10.4 Å². The Bertz CT molecular complexity index is 632. The second-order valence-corrected chi connectivity index (χ2v) is 5.53. The molecule has 0 unspecified atom stereocenters. The Morgan fingerprint density at radius 3 is 2.90 bits per heavy atom. The number of sulfonamides is 1. The molecule has 0 aliphatic carbocycles. The van der Waals surface area contributed by atoms with E-state index in [4.69, 9.17) is 10.2 Å². The summed E-state index contributed by atoms with van der Waals surface area (Å²) >= 11 is 0. The number of amides is 1. The molecule has 0 saturated carbocycles. The van der Waals surface area contributed by atoms with Crippen molar-refractivity contribution in [1.82, 2.24) is 10.3 Å². The maximum absolute atomic E-state index is 11.9. The minimum absolute atomic E-state index is 0.0663. The fourth-order valence-electron chi connectivity index (χ4n) is 1.29. The molecule has 1 amide bonds. The molecule has 0 fully saturated rings. The van der Waals surface area contributed by atoms with Crippen LogP contribution in [0.4, 0.5) is 0 Å². The Morgan fingerprint density at radius 1 is 1.50 bits per heavy atom. The summed E-state index contributed by atoms with van der Waals surface area (Å²) in [7, 11) is -3.62. The van der Waals surface area contributed by atoms with Gasteiger partial charge in [0.2, 0.25) is 10.0 Å². The van der Waals surface area contributed by atoms with Crippen LogP contribution in [0.1, 0.15) is 22.5 Å². The van der Waals surface area contributed by atoms with Gasteiger partial charge in [0, 0.05) is 19.2 Å². The Labute approximate surface area is 117 Å². The van der Waals surface area contributed by atoms with Crippen molar-refractivity contribution in [2.75, 3.05) is 18.9 Å². The van der Waals surface area contributed by atoms with Gasteiger partial charge in [0.05, 0.1) is 17.9 Å². The molecule has 0 saturated heterocycles. The topological polar surface area (TPSA) is 122 Å². The number of carbonyl (C=O) groups is 1. The lowest BCUT2D eigenvalue weighted by molar-refractivity contribution is 0.0951. The van der Waals surface area contributed by atoms with Gasteiger partial charge in [0.15, 0.2) is 0 Å². The standard InChI is InChI=1S/C12H15N3O4S/c13-20(18,19)9-7-15-12(17)11-10(4-1-2-8-16)5-3-6-14-11/h3,5-6,16H,2,7-9H2,(H,15,17)(H2,13,18,19). The molecule has 4 N–H and O–H groups in total. The van der Waals surface area contributed by atoms with Crippen LogP contribution in [-0.4, -0.2) is 43.3 Å². The number of hydrogen-bond donors (Lipinski definition) is 3. The molecule has 1 aromatic rings. The fraction of sp³-hybridized carbons (Fsp3) is 0.333. The number of nitrogens with one attached hydrogen (secondary N) is 1. The minimum atomic E-state index is -3.62. The van der Waals surface area contributed by atoms with E-state index in [-0.39, 0.29) is 24.6 Å². The summed E-state index contributed by atoms with van der Waals surface area (Å²) in [4.78, 5) is 15.8. The zero-order valence-electron chi connectivity index (χ0n) is 10.7. The highest BCUT2D eigenvalue weighted by Crippen LogP contribution is 2.03. The number of hydrogen-bond acceptors (Lipinski definition) is 5. The lowest BCUT2D eigenvalue weighted by atomic mass is 10.2. The van der Waals surface area contributed by atoms with E-state index in [0.29, 0.717) is 12.0 Å². The SMILES string of the molecule is NS(=O)(=O)CCNC(=O)c1ncccc1C#CCCO. The number of rotatable bonds is 5. The number of nitrogens with two attached hydrogens (primary N) is 1. The number of aliphatic hydroxyl groups is 1. The first-order valence-electron chi connectivity index (χ1n) is 5.77. The summed E-state index contributed by atoms with van der Waals surface area (Å²) in [6.07, 6.45) is 1.73. The molecule has 0 aromatic carbocycles. The van der Waals surface area contributed by atoms with Crippen LogP contribution in [0.3, 0.4) is 0 Å². The summed E-state index contributed by atoms with van der Waals surface area (Å²) in [5, 5.41) is 15.9. The highest BCUT2D eigenvalue weighted by atomic mass is 32.2. The van der Waals surface area contributed by atoms with Crippen LogP contribution in [0.15, 0.2) is 18.3 Å². The Kier molecular flexibility index (Phi) is 6.11. The van der Waals surface area contributed by atoms with Crippen molar-refractivity contribution in [3.8, 4) is 11.8 Å². The summed E-state index contributed by atoms with van der Waals surface area (Å²) in [5.41, 5.74) is 0.515. The van der Waals surface area contributed by atoms with Crippen LogP contribution >= 0.6 is 0 Å². The lowest BCUT2D eigenvalue weighted by Gasteiger charge is -2.05. The number of aromatic nitrogens is 1. The van der Waals surface area contributed by atoms with Crippen LogP contribution in [0.2, 0.25) is 0 Å². The molecule has 0 atom stereocenters. The molecular formula is C12H15N3O4S. The molecule has 1 rings (SSSR count). The van der Waals surface area contributed by atoms with Crippen molar-refractivity contribution in [3.63, 3.8) is 0 Å². The quantitative estimate of drug-likeness (QED) is 0.591. The van der Waals surface area contributed by atoms with Crippen molar-refractivity contribution in [3.05, 3.63) is 29.6 Å². The van der Waals surface area contributed by atoms with Gasteiger partial charge in [-0.15, -0.1) is 0 Å². The van der Waals surface area contributed by atoms with Crippen molar-refractivity contribution >= 4 is 15.9 Å².